The molecule has 0 aliphatic heterocycles. The maximum absolute atomic E-state index is 7.54. The Labute approximate surface area is 317 Å². The van der Waals surface area contributed by atoms with Gasteiger partial charge in [0.05, 0.1) is 6.57 Å². The van der Waals surface area contributed by atoms with E-state index in [2.05, 4.69) is 120 Å². The van der Waals surface area contributed by atoms with Gasteiger partial charge in [-0.1, -0.05) is 133 Å². The van der Waals surface area contributed by atoms with Crippen molar-refractivity contribution >= 4 is 5.69 Å². The molecule has 4 fully saturated rings. The fourth-order valence-electron chi connectivity index (χ4n) is 10.2. The highest BCUT2D eigenvalue weighted by molar-refractivity contribution is 5.86. The summed E-state index contributed by atoms with van der Waals surface area (Å²) < 4.78 is 0. The quantitative estimate of drug-likeness (QED) is 0.156. The molecule has 4 bridgehead atoms. The van der Waals surface area contributed by atoms with Gasteiger partial charge in [-0.05, 0) is 119 Å². The van der Waals surface area contributed by atoms with Gasteiger partial charge in [0.2, 0.25) is 0 Å². The van der Waals surface area contributed by atoms with Gasteiger partial charge in [0.25, 0.3) is 0 Å². The molecular weight excluding hydrogens is 657 g/mol. The van der Waals surface area contributed by atoms with Gasteiger partial charge in [0, 0.05) is 16.7 Å². The predicted molar refractivity (Wildman–Crippen MR) is 219 cm³/mol. The smallest absolute Gasteiger partial charge is 0.187 e. The molecule has 4 aliphatic rings. The van der Waals surface area contributed by atoms with Crippen LogP contribution in [0.4, 0.5) is 5.69 Å². The first-order valence-electron chi connectivity index (χ1n) is 19.3. The second-order valence-corrected chi connectivity index (χ2v) is 15.8. The zero-order chi connectivity index (χ0) is 36.1. The van der Waals surface area contributed by atoms with Crippen molar-refractivity contribution in [3.05, 3.63) is 169 Å². The average molecular weight is 697 g/mol. The topological polar surface area (TPSA) is 43.0 Å². The summed E-state index contributed by atoms with van der Waals surface area (Å²) in [4.78, 5) is 19.3. The Morgan fingerprint density at radius 3 is 1.54 bits per heavy atom. The summed E-state index contributed by atoms with van der Waals surface area (Å²) in [5.41, 5.74) is 11.8. The second-order valence-electron chi connectivity index (χ2n) is 15.8. The average Bonchev–Trinajstić information content (AvgIpc) is 3.23. The zero-order valence-electron chi connectivity index (χ0n) is 30.2. The Morgan fingerprint density at radius 1 is 0.426 bits per heavy atom. The van der Waals surface area contributed by atoms with Gasteiger partial charge in [-0.25, -0.2) is 19.8 Å². The molecule has 4 heteroatoms. The van der Waals surface area contributed by atoms with Crippen molar-refractivity contribution < 1.29 is 0 Å². The Bertz CT molecular complexity index is 2480. The molecule has 0 unspecified atom stereocenters. The predicted octanol–water partition coefficient (Wildman–Crippen LogP) is 12.9. The van der Waals surface area contributed by atoms with E-state index in [4.69, 9.17) is 21.5 Å². The Balaban J connectivity index is 1.12. The number of hydrogen-bond acceptors (Lipinski definition) is 3. The van der Waals surface area contributed by atoms with Crippen molar-refractivity contribution in [2.75, 3.05) is 0 Å². The third kappa shape index (κ3) is 6.00. The summed E-state index contributed by atoms with van der Waals surface area (Å²) in [5, 5.41) is 0. The van der Waals surface area contributed by atoms with E-state index in [-0.39, 0.29) is 0 Å². The van der Waals surface area contributed by atoms with Gasteiger partial charge < -0.3 is 0 Å². The first-order valence-corrected chi connectivity index (χ1v) is 19.3. The van der Waals surface area contributed by atoms with Crippen LogP contribution < -0.4 is 0 Å². The van der Waals surface area contributed by atoms with Crippen LogP contribution in [0.3, 0.4) is 0 Å². The van der Waals surface area contributed by atoms with Crippen LogP contribution in [0.25, 0.3) is 72.4 Å². The Morgan fingerprint density at radius 2 is 0.926 bits per heavy atom. The molecule has 0 amide bonds. The van der Waals surface area contributed by atoms with Gasteiger partial charge in [-0.2, -0.15) is 0 Å². The molecule has 0 radical (unpaired) electrons. The van der Waals surface area contributed by atoms with Gasteiger partial charge in [-0.3, -0.25) is 0 Å². The zero-order valence-corrected chi connectivity index (χ0v) is 30.2. The standard InChI is InChI=1S/C50H40N4/c1-51-44-22-17-38(18-23-44)46-29-41(37-11-6-3-7-12-37)19-24-45(46)49-53-47(52-48(54-49)42-14-8-13-40(28-42)36-9-4-2-5-10-36)39-15-20-43(21-16-39)50-30-33-25-34(31-50)27-35(26-33)32-50/h2-24,28-29,33-35H,25-27,30-32H2. The van der Waals surface area contributed by atoms with Gasteiger partial charge >= 0.3 is 0 Å². The molecule has 7 aromatic rings. The number of benzene rings is 6. The molecule has 4 saturated carbocycles. The molecule has 0 N–H and O–H groups in total. The lowest BCUT2D eigenvalue weighted by Gasteiger charge is -2.57. The highest BCUT2D eigenvalue weighted by atomic mass is 15.0. The van der Waals surface area contributed by atoms with Crippen LogP contribution >= 0.6 is 0 Å². The van der Waals surface area contributed by atoms with Crippen LogP contribution in [0.15, 0.2) is 152 Å². The lowest BCUT2D eigenvalue weighted by molar-refractivity contribution is -0.00518. The van der Waals surface area contributed by atoms with Crippen molar-refractivity contribution in [1.29, 1.82) is 0 Å². The van der Waals surface area contributed by atoms with Crippen molar-refractivity contribution in [2.24, 2.45) is 17.8 Å². The normalized spacial score (nSPS) is 21.1. The molecule has 4 nitrogen and oxygen atoms in total. The Kier molecular flexibility index (Phi) is 8.02. The van der Waals surface area contributed by atoms with Gasteiger partial charge in [0.1, 0.15) is 0 Å². The fraction of sp³-hybridized carbons (Fsp3) is 0.200. The summed E-state index contributed by atoms with van der Waals surface area (Å²) >= 11 is 0. The van der Waals surface area contributed by atoms with E-state index in [1.54, 1.807) is 0 Å². The minimum absolute atomic E-state index is 0.332. The summed E-state index contributed by atoms with van der Waals surface area (Å²) in [6, 6.07) is 52.9. The van der Waals surface area contributed by atoms with E-state index in [0.717, 1.165) is 67.8 Å². The second kappa shape index (κ2) is 13.3. The van der Waals surface area contributed by atoms with Crippen LogP contribution in [0.1, 0.15) is 44.1 Å². The summed E-state index contributed by atoms with van der Waals surface area (Å²) in [7, 11) is 0. The van der Waals surface area contributed by atoms with Crippen molar-refractivity contribution in [3.63, 3.8) is 0 Å². The highest BCUT2D eigenvalue weighted by Crippen LogP contribution is 2.60. The Hall–Kier alpha value is -6.18. The largest absolute Gasteiger partial charge is 0.238 e. The molecule has 0 spiro atoms. The summed E-state index contributed by atoms with van der Waals surface area (Å²) in [5.74, 6) is 4.62. The number of rotatable bonds is 7. The van der Waals surface area contributed by atoms with Gasteiger partial charge in [0.15, 0.2) is 23.2 Å². The van der Waals surface area contributed by atoms with E-state index in [0.29, 0.717) is 28.6 Å². The third-order valence-corrected chi connectivity index (χ3v) is 12.3. The minimum atomic E-state index is 0.332. The van der Waals surface area contributed by atoms with Crippen molar-refractivity contribution in [3.8, 4) is 67.5 Å². The van der Waals surface area contributed by atoms with Crippen molar-refractivity contribution in [1.82, 2.24) is 15.0 Å². The molecule has 6 aromatic carbocycles. The van der Waals surface area contributed by atoms with Gasteiger partial charge in [-0.15, -0.1) is 0 Å². The van der Waals surface area contributed by atoms with E-state index in [1.807, 2.05) is 36.4 Å². The highest BCUT2D eigenvalue weighted by Gasteiger charge is 2.51. The van der Waals surface area contributed by atoms with Crippen LogP contribution in [-0.4, -0.2) is 15.0 Å². The summed E-state index contributed by atoms with van der Waals surface area (Å²) in [6.07, 6.45) is 8.35. The molecule has 11 rings (SSSR count). The molecule has 1 aromatic heterocycles. The third-order valence-electron chi connectivity index (χ3n) is 12.3. The summed E-state index contributed by atoms with van der Waals surface area (Å²) in [6.45, 7) is 7.54. The number of hydrogen-bond donors (Lipinski definition) is 0. The first-order chi connectivity index (χ1) is 26.6. The van der Waals surface area contributed by atoms with E-state index < -0.39 is 0 Å². The van der Waals surface area contributed by atoms with Crippen molar-refractivity contribution in [2.45, 2.75) is 43.9 Å². The van der Waals surface area contributed by atoms with Crippen LogP contribution in [0, 0.1) is 24.3 Å². The maximum atomic E-state index is 7.54. The SMILES string of the molecule is [C-]#[N+]c1ccc(-c2cc(-c3ccccc3)ccc2-c2nc(-c3ccc(C45CC6CC(CC(C6)C4)C5)cc3)nc(-c3cccc(-c4ccccc4)c3)n2)cc1. The van der Waals surface area contributed by atoms with E-state index in [1.165, 1.54) is 44.1 Å². The van der Waals surface area contributed by atoms with Crippen LogP contribution in [0.2, 0.25) is 0 Å². The first kappa shape index (κ1) is 32.5. The molecule has 0 saturated heterocycles. The molecule has 4 aliphatic carbocycles. The van der Waals surface area contributed by atoms with E-state index >= 15 is 0 Å². The lowest BCUT2D eigenvalue weighted by atomic mass is 9.48. The van der Waals surface area contributed by atoms with Crippen LogP contribution in [-0.2, 0) is 5.41 Å². The lowest BCUT2D eigenvalue weighted by Crippen LogP contribution is -2.48. The fourth-order valence-corrected chi connectivity index (χ4v) is 10.2. The molecule has 260 valence electrons. The monoisotopic (exact) mass is 696 g/mol. The molecule has 54 heavy (non-hydrogen) atoms. The van der Waals surface area contributed by atoms with E-state index in [9.17, 15) is 0 Å². The number of nitrogens with zero attached hydrogens (tertiary/aromatic N) is 4. The number of aromatic nitrogens is 3. The van der Waals surface area contributed by atoms with Crippen LogP contribution in [0.5, 0.6) is 0 Å². The molecular formula is C50H40N4. The minimum Gasteiger partial charge on any atom is -0.238 e. The maximum Gasteiger partial charge on any atom is 0.187 e. The molecule has 0 atom stereocenters. The molecule has 1 heterocycles.